The van der Waals surface area contributed by atoms with Crippen LogP contribution in [0.2, 0.25) is 0 Å². The molecule has 1 N–H and O–H groups in total. The minimum Gasteiger partial charge on any atom is -0.497 e. The van der Waals surface area contributed by atoms with Crippen molar-refractivity contribution < 1.29 is 9.53 Å². The summed E-state index contributed by atoms with van der Waals surface area (Å²) < 4.78 is 7.22. The number of pyridine rings is 1. The van der Waals surface area contributed by atoms with E-state index in [1.165, 1.54) is 5.39 Å². The third-order valence-electron chi connectivity index (χ3n) is 4.41. The van der Waals surface area contributed by atoms with Gasteiger partial charge in [-0.05, 0) is 41.3 Å². The average molecular weight is 357 g/mol. The zero-order valence-electron chi connectivity index (χ0n) is 14.9. The molecular formula is C22H19N3O2. The fraction of sp³-hybridized carbons (Fsp3) is 0.0909. The first-order valence-electron chi connectivity index (χ1n) is 8.68. The number of hydrogen-bond donors (Lipinski definition) is 1. The van der Waals surface area contributed by atoms with Gasteiger partial charge < -0.3 is 14.6 Å². The van der Waals surface area contributed by atoms with Crippen molar-refractivity contribution in [3.8, 4) is 11.4 Å². The van der Waals surface area contributed by atoms with E-state index in [0.717, 1.165) is 22.5 Å². The van der Waals surface area contributed by atoms with Gasteiger partial charge in [-0.25, -0.2) is 4.98 Å². The van der Waals surface area contributed by atoms with E-state index in [2.05, 4.69) is 33.1 Å². The highest BCUT2D eigenvalue weighted by Gasteiger charge is 2.08. The third kappa shape index (κ3) is 3.67. The van der Waals surface area contributed by atoms with Gasteiger partial charge in [0.1, 0.15) is 11.6 Å². The van der Waals surface area contributed by atoms with Crippen molar-refractivity contribution in [2.45, 2.75) is 6.42 Å². The molecule has 1 amide bonds. The monoisotopic (exact) mass is 357 g/mol. The number of fused-ring (bicyclic) bond motifs is 1. The molecular weight excluding hydrogens is 338 g/mol. The van der Waals surface area contributed by atoms with Crippen LogP contribution in [-0.2, 0) is 11.2 Å². The Morgan fingerprint density at radius 1 is 1.07 bits per heavy atom. The summed E-state index contributed by atoms with van der Waals surface area (Å²) in [7, 11) is 1.62. The zero-order valence-corrected chi connectivity index (χ0v) is 14.9. The Hall–Kier alpha value is -3.60. The lowest BCUT2D eigenvalue weighted by Gasteiger charge is -2.09. The van der Waals surface area contributed by atoms with E-state index in [0.29, 0.717) is 5.82 Å². The van der Waals surface area contributed by atoms with Gasteiger partial charge in [-0.1, -0.05) is 30.3 Å². The number of nitrogens with one attached hydrogen (secondary N) is 1. The van der Waals surface area contributed by atoms with Gasteiger partial charge in [0.2, 0.25) is 5.91 Å². The molecule has 2 aromatic heterocycles. The molecule has 0 aliphatic heterocycles. The van der Waals surface area contributed by atoms with Crippen molar-refractivity contribution in [1.82, 2.24) is 9.55 Å². The van der Waals surface area contributed by atoms with Crippen LogP contribution in [0, 0.1) is 0 Å². The predicted octanol–water partition coefficient (Wildman–Crippen LogP) is 4.22. The molecule has 4 aromatic rings. The number of anilines is 1. The van der Waals surface area contributed by atoms with E-state index in [9.17, 15) is 4.79 Å². The summed E-state index contributed by atoms with van der Waals surface area (Å²) in [5, 5.41) is 4.04. The number of carbonyl (C=O) groups excluding carboxylic acids is 1. The maximum Gasteiger partial charge on any atom is 0.229 e. The van der Waals surface area contributed by atoms with Crippen molar-refractivity contribution >= 4 is 22.6 Å². The van der Waals surface area contributed by atoms with Gasteiger partial charge in [0, 0.05) is 18.5 Å². The molecule has 0 spiro atoms. The van der Waals surface area contributed by atoms with Crippen LogP contribution in [0.25, 0.3) is 16.6 Å². The minimum atomic E-state index is -0.109. The van der Waals surface area contributed by atoms with Crippen LogP contribution in [0.4, 0.5) is 5.82 Å². The minimum absolute atomic E-state index is 0.109. The normalized spacial score (nSPS) is 10.7. The molecule has 0 unspecified atom stereocenters. The molecule has 2 aromatic carbocycles. The molecule has 2 heterocycles. The van der Waals surface area contributed by atoms with Crippen LogP contribution in [0.1, 0.15) is 5.56 Å². The van der Waals surface area contributed by atoms with Crippen molar-refractivity contribution in [3.63, 3.8) is 0 Å². The van der Waals surface area contributed by atoms with Gasteiger partial charge in [-0.3, -0.25) is 4.79 Å². The number of para-hydroxylation sites is 1. The first kappa shape index (κ1) is 16.8. The van der Waals surface area contributed by atoms with E-state index >= 15 is 0 Å². The van der Waals surface area contributed by atoms with E-state index < -0.39 is 0 Å². The standard InChI is InChI=1S/C22H19N3O2/c1-27-19-8-6-16(7-9-19)14-22(26)24-21-15-18(10-12-23-21)25-13-11-17-4-2-3-5-20(17)25/h2-13,15H,14H2,1H3,(H,23,24,26). The number of aromatic nitrogens is 2. The SMILES string of the molecule is COc1ccc(CC(=O)Nc2cc(-n3ccc4ccccc43)ccn2)cc1. The molecule has 0 bridgehead atoms. The molecule has 0 aliphatic rings. The maximum absolute atomic E-state index is 12.4. The van der Waals surface area contributed by atoms with Crippen LogP contribution in [0.5, 0.6) is 5.75 Å². The number of ether oxygens (including phenoxy) is 1. The van der Waals surface area contributed by atoms with Gasteiger partial charge >= 0.3 is 0 Å². The Bertz CT molecular complexity index is 1080. The van der Waals surface area contributed by atoms with Gasteiger partial charge in [0.05, 0.1) is 24.7 Å². The summed E-state index contributed by atoms with van der Waals surface area (Å²) in [5.74, 6) is 1.19. The fourth-order valence-electron chi connectivity index (χ4n) is 3.06. The largest absolute Gasteiger partial charge is 0.497 e. The quantitative estimate of drug-likeness (QED) is 0.582. The molecule has 0 aliphatic carbocycles. The summed E-state index contributed by atoms with van der Waals surface area (Å²) in [4.78, 5) is 16.6. The molecule has 0 radical (unpaired) electrons. The highest BCUT2D eigenvalue weighted by Crippen LogP contribution is 2.21. The third-order valence-corrected chi connectivity index (χ3v) is 4.41. The molecule has 0 fully saturated rings. The molecule has 0 atom stereocenters. The van der Waals surface area contributed by atoms with E-state index in [1.807, 2.05) is 54.7 Å². The number of rotatable bonds is 5. The van der Waals surface area contributed by atoms with Crippen molar-refractivity contribution in [2.24, 2.45) is 0 Å². The van der Waals surface area contributed by atoms with Crippen LogP contribution >= 0.6 is 0 Å². The van der Waals surface area contributed by atoms with Crippen molar-refractivity contribution in [1.29, 1.82) is 0 Å². The van der Waals surface area contributed by atoms with Crippen LogP contribution < -0.4 is 10.1 Å². The summed E-state index contributed by atoms with van der Waals surface area (Å²) in [6, 6.07) is 21.5. The molecule has 4 rings (SSSR count). The highest BCUT2D eigenvalue weighted by molar-refractivity contribution is 5.91. The lowest BCUT2D eigenvalue weighted by molar-refractivity contribution is -0.115. The fourth-order valence-corrected chi connectivity index (χ4v) is 3.06. The van der Waals surface area contributed by atoms with Gasteiger partial charge in [-0.15, -0.1) is 0 Å². The Morgan fingerprint density at radius 3 is 2.70 bits per heavy atom. The van der Waals surface area contributed by atoms with Gasteiger partial charge in [0.15, 0.2) is 0 Å². The van der Waals surface area contributed by atoms with E-state index in [4.69, 9.17) is 4.74 Å². The van der Waals surface area contributed by atoms with E-state index in [1.54, 1.807) is 13.3 Å². The first-order valence-corrected chi connectivity index (χ1v) is 8.68. The Balaban J connectivity index is 1.51. The topological polar surface area (TPSA) is 56.1 Å². The Labute approximate surface area is 157 Å². The van der Waals surface area contributed by atoms with Crippen LogP contribution in [0.15, 0.2) is 79.1 Å². The number of benzene rings is 2. The lowest BCUT2D eigenvalue weighted by Crippen LogP contribution is -2.15. The smallest absolute Gasteiger partial charge is 0.229 e. The van der Waals surface area contributed by atoms with Crippen LogP contribution in [0.3, 0.4) is 0 Å². The maximum atomic E-state index is 12.4. The second-order valence-electron chi connectivity index (χ2n) is 6.22. The molecule has 134 valence electrons. The zero-order chi connectivity index (χ0) is 18.6. The number of methoxy groups -OCH3 is 1. The summed E-state index contributed by atoms with van der Waals surface area (Å²) in [6.45, 7) is 0. The predicted molar refractivity (Wildman–Crippen MR) is 106 cm³/mol. The highest BCUT2D eigenvalue weighted by atomic mass is 16.5. The molecule has 0 saturated heterocycles. The number of nitrogens with zero attached hydrogens (tertiary/aromatic N) is 2. The lowest BCUT2D eigenvalue weighted by atomic mass is 10.1. The number of carbonyl (C=O) groups is 1. The van der Waals surface area contributed by atoms with E-state index in [-0.39, 0.29) is 12.3 Å². The Kier molecular flexibility index (Phi) is 4.58. The Morgan fingerprint density at radius 2 is 1.89 bits per heavy atom. The summed E-state index contributed by atoms with van der Waals surface area (Å²) in [5.41, 5.74) is 2.98. The first-order chi connectivity index (χ1) is 13.2. The number of amides is 1. The van der Waals surface area contributed by atoms with Crippen LogP contribution in [-0.4, -0.2) is 22.6 Å². The van der Waals surface area contributed by atoms with Gasteiger partial charge in [0.25, 0.3) is 0 Å². The molecule has 5 heteroatoms. The molecule has 5 nitrogen and oxygen atoms in total. The van der Waals surface area contributed by atoms with Crippen molar-refractivity contribution in [3.05, 3.63) is 84.7 Å². The summed E-state index contributed by atoms with van der Waals surface area (Å²) >= 11 is 0. The van der Waals surface area contributed by atoms with Gasteiger partial charge in [-0.2, -0.15) is 0 Å². The van der Waals surface area contributed by atoms with Crippen molar-refractivity contribution in [2.75, 3.05) is 12.4 Å². The average Bonchev–Trinajstić information content (AvgIpc) is 3.13. The summed E-state index contributed by atoms with van der Waals surface area (Å²) in [6.07, 6.45) is 4.00. The molecule has 27 heavy (non-hydrogen) atoms. The second kappa shape index (κ2) is 7.33. The number of hydrogen-bond acceptors (Lipinski definition) is 3. The molecule has 0 saturated carbocycles. The second-order valence-corrected chi connectivity index (χ2v) is 6.22.